The summed E-state index contributed by atoms with van der Waals surface area (Å²) in [5.74, 6) is 0.197. The van der Waals surface area contributed by atoms with Crippen molar-refractivity contribution in [1.29, 1.82) is 0 Å². The third kappa shape index (κ3) is 1.13. The Kier molecular flexibility index (Phi) is 1.60. The second-order valence-electron chi connectivity index (χ2n) is 3.36. The van der Waals surface area contributed by atoms with Crippen molar-refractivity contribution in [2.45, 2.75) is 31.9 Å². The number of carbonyl (C=O) groups is 1. The fraction of sp³-hybridized carbons (Fsp3) is 0.875. The molecule has 0 aromatic heterocycles. The van der Waals surface area contributed by atoms with Gasteiger partial charge in [0, 0.05) is 13.5 Å². The second-order valence-corrected chi connectivity index (χ2v) is 3.36. The number of piperidine rings is 1. The van der Waals surface area contributed by atoms with Gasteiger partial charge in [-0.3, -0.25) is 4.79 Å². The fourth-order valence-corrected chi connectivity index (χ4v) is 1.94. The lowest BCUT2D eigenvalue weighted by molar-refractivity contribution is -0.152. The molecule has 3 heteroatoms. The molecule has 3 aliphatic heterocycles. The van der Waals surface area contributed by atoms with Crippen LogP contribution in [0.4, 0.5) is 0 Å². The van der Waals surface area contributed by atoms with Gasteiger partial charge in [-0.25, -0.2) is 0 Å². The normalized spacial score (nSPS) is 35.9. The van der Waals surface area contributed by atoms with Gasteiger partial charge >= 0.3 is 0 Å². The SMILES string of the molecule is CC(=O)N1C[C@H]2CC[C@@H]1CO2. The third-order valence-corrected chi connectivity index (χ3v) is 2.59. The van der Waals surface area contributed by atoms with Gasteiger partial charge in [0.2, 0.25) is 5.91 Å². The van der Waals surface area contributed by atoms with Gasteiger partial charge in [-0.2, -0.15) is 0 Å². The van der Waals surface area contributed by atoms with E-state index in [1.165, 1.54) is 0 Å². The molecule has 3 heterocycles. The monoisotopic (exact) mass is 155 g/mol. The van der Waals surface area contributed by atoms with Crippen molar-refractivity contribution in [3.63, 3.8) is 0 Å². The maximum absolute atomic E-state index is 11.1. The molecular formula is C8H13NO2. The maximum Gasteiger partial charge on any atom is 0.219 e. The molecule has 0 aliphatic carbocycles. The molecule has 3 saturated heterocycles. The molecule has 3 nitrogen and oxygen atoms in total. The third-order valence-electron chi connectivity index (χ3n) is 2.59. The van der Waals surface area contributed by atoms with E-state index in [2.05, 4.69) is 0 Å². The first-order chi connectivity index (χ1) is 5.27. The Balaban J connectivity index is 2.08. The summed E-state index contributed by atoms with van der Waals surface area (Å²) in [5.41, 5.74) is 0. The average Bonchev–Trinajstić information content (AvgIpc) is 2.06. The molecule has 3 fully saturated rings. The van der Waals surface area contributed by atoms with Crippen LogP contribution < -0.4 is 0 Å². The Morgan fingerprint density at radius 3 is 2.64 bits per heavy atom. The van der Waals surface area contributed by atoms with Crippen LogP contribution in [0.5, 0.6) is 0 Å². The average molecular weight is 155 g/mol. The summed E-state index contributed by atoms with van der Waals surface area (Å²) in [6.45, 7) is 3.21. The van der Waals surface area contributed by atoms with E-state index in [-0.39, 0.29) is 5.91 Å². The van der Waals surface area contributed by atoms with E-state index in [1.807, 2.05) is 4.90 Å². The molecule has 2 atom stereocenters. The summed E-state index contributed by atoms with van der Waals surface area (Å²) in [6, 6.07) is 0.373. The lowest BCUT2D eigenvalue weighted by atomic mass is 9.97. The Hall–Kier alpha value is -0.570. The van der Waals surface area contributed by atoms with Crippen LogP contribution in [0.25, 0.3) is 0 Å². The topological polar surface area (TPSA) is 29.5 Å². The van der Waals surface area contributed by atoms with Gasteiger partial charge in [-0.05, 0) is 12.8 Å². The minimum absolute atomic E-state index is 0.197. The molecule has 0 spiro atoms. The number of fused-ring (bicyclic) bond motifs is 3. The summed E-state index contributed by atoms with van der Waals surface area (Å²) < 4.78 is 5.46. The summed E-state index contributed by atoms with van der Waals surface area (Å²) in [4.78, 5) is 13.0. The molecule has 0 aromatic rings. The van der Waals surface area contributed by atoms with Gasteiger partial charge < -0.3 is 9.64 Å². The van der Waals surface area contributed by atoms with E-state index in [4.69, 9.17) is 4.74 Å². The van der Waals surface area contributed by atoms with Crippen molar-refractivity contribution in [3.8, 4) is 0 Å². The van der Waals surface area contributed by atoms with Crippen LogP contribution >= 0.6 is 0 Å². The van der Waals surface area contributed by atoms with Crippen molar-refractivity contribution in [2.24, 2.45) is 0 Å². The fourth-order valence-electron chi connectivity index (χ4n) is 1.94. The lowest BCUT2D eigenvalue weighted by Crippen LogP contribution is -2.55. The van der Waals surface area contributed by atoms with Crippen LogP contribution in [0.3, 0.4) is 0 Å². The van der Waals surface area contributed by atoms with Gasteiger partial charge in [0.15, 0.2) is 0 Å². The summed E-state index contributed by atoms with van der Waals surface area (Å²) in [5, 5.41) is 0. The first-order valence-electron chi connectivity index (χ1n) is 4.16. The standard InChI is InChI=1S/C8H13NO2/c1-6(10)9-4-8-3-2-7(9)5-11-8/h7-8H,2-5H2,1H3/t7-,8-/m1/s1. The number of rotatable bonds is 0. The number of amides is 1. The zero-order valence-corrected chi connectivity index (χ0v) is 6.75. The highest BCUT2D eigenvalue weighted by Crippen LogP contribution is 2.25. The van der Waals surface area contributed by atoms with Crippen molar-refractivity contribution >= 4 is 5.91 Å². The first-order valence-corrected chi connectivity index (χ1v) is 4.16. The van der Waals surface area contributed by atoms with Gasteiger partial charge in [0.25, 0.3) is 0 Å². The van der Waals surface area contributed by atoms with Gasteiger partial charge in [-0.15, -0.1) is 0 Å². The molecule has 0 radical (unpaired) electrons. The highest BCUT2D eigenvalue weighted by Gasteiger charge is 2.35. The number of morpholine rings is 1. The predicted octanol–water partition coefficient (Wildman–Crippen LogP) is 0.396. The summed E-state index contributed by atoms with van der Waals surface area (Å²) in [6.07, 6.45) is 2.59. The highest BCUT2D eigenvalue weighted by molar-refractivity contribution is 5.73. The Labute approximate surface area is 66.3 Å². The Morgan fingerprint density at radius 2 is 2.36 bits per heavy atom. The maximum atomic E-state index is 11.1. The van der Waals surface area contributed by atoms with E-state index < -0.39 is 0 Å². The van der Waals surface area contributed by atoms with Crippen molar-refractivity contribution in [1.82, 2.24) is 4.90 Å². The minimum Gasteiger partial charge on any atom is -0.374 e. The molecule has 0 aromatic carbocycles. The van der Waals surface area contributed by atoms with E-state index in [1.54, 1.807) is 6.92 Å². The quantitative estimate of drug-likeness (QED) is 0.506. The molecule has 1 amide bonds. The molecule has 0 N–H and O–H groups in total. The lowest BCUT2D eigenvalue weighted by Gasteiger charge is -2.44. The van der Waals surface area contributed by atoms with Crippen LogP contribution in [0, 0.1) is 0 Å². The number of nitrogens with zero attached hydrogens (tertiary/aromatic N) is 1. The van der Waals surface area contributed by atoms with Crippen LogP contribution in [-0.4, -0.2) is 36.1 Å². The highest BCUT2D eigenvalue weighted by atomic mass is 16.5. The van der Waals surface area contributed by atoms with E-state index in [9.17, 15) is 4.79 Å². The molecule has 0 unspecified atom stereocenters. The van der Waals surface area contributed by atoms with Crippen LogP contribution in [0.1, 0.15) is 19.8 Å². The first kappa shape index (κ1) is 7.10. The molecule has 0 saturated carbocycles. The molecule has 3 rings (SSSR count). The van der Waals surface area contributed by atoms with Crippen LogP contribution in [0.2, 0.25) is 0 Å². The summed E-state index contributed by atoms with van der Waals surface area (Å²) >= 11 is 0. The molecular weight excluding hydrogens is 142 g/mol. The molecule has 62 valence electrons. The van der Waals surface area contributed by atoms with Gasteiger partial charge in [0.1, 0.15) is 0 Å². The Morgan fingerprint density at radius 1 is 1.55 bits per heavy atom. The van der Waals surface area contributed by atoms with Crippen molar-refractivity contribution < 1.29 is 9.53 Å². The van der Waals surface area contributed by atoms with Gasteiger partial charge in [-0.1, -0.05) is 0 Å². The van der Waals surface area contributed by atoms with Gasteiger partial charge in [0.05, 0.1) is 18.8 Å². The van der Waals surface area contributed by atoms with Crippen LogP contribution in [0.15, 0.2) is 0 Å². The minimum atomic E-state index is 0.197. The van der Waals surface area contributed by atoms with Crippen molar-refractivity contribution in [2.75, 3.05) is 13.2 Å². The Bertz CT molecular complexity index is 173. The number of ether oxygens (including phenoxy) is 1. The number of hydrogen-bond acceptors (Lipinski definition) is 2. The van der Waals surface area contributed by atoms with Crippen molar-refractivity contribution in [3.05, 3.63) is 0 Å². The number of carbonyl (C=O) groups excluding carboxylic acids is 1. The summed E-state index contributed by atoms with van der Waals surface area (Å²) in [7, 11) is 0. The van der Waals surface area contributed by atoms with E-state index in [0.717, 1.165) is 26.0 Å². The molecule has 3 aliphatic rings. The van der Waals surface area contributed by atoms with E-state index in [0.29, 0.717) is 12.1 Å². The van der Waals surface area contributed by atoms with E-state index >= 15 is 0 Å². The zero-order valence-electron chi connectivity index (χ0n) is 6.75. The number of hydrogen-bond donors (Lipinski definition) is 0. The molecule has 2 bridgehead atoms. The van der Waals surface area contributed by atoms with Crippen LogP contribution in [-0.2, 0) is 9.53 Å². The largest absolute Gasteiger partial charge is 0.374 e. The predicted molar refractivity (Wildman–Crippen MR) is 40.1 cm³/mol. The second kappa shape index (κ2) is 2.48. The smallest absolute Gasteiger partial charge is 0.219 e. The molecule has 11 heavy (non-hydrogen) atoms. The zero-order chi connectivity index (χ0) is 7.84.